The molecule has 4 N–H and O–H groups in total. The Bertz CT molecular complexity index is 817. The first-order valence-electron chi connectivity index (χ1n) is 10.7. The third kappa shape index (κ3) is 8.53. The summed E-state index contributed by atoms with van der Waals surface area (Å²) in [6, 6.07) is 14.6. The number of anilines is 1. The number of nitrogen functional groups attached to an aromatic ring is 1. The van der Waals surface area contributed by atoms with Gasteiger partial charge < -0.3 is 20.3 Å². The SMILES string of the molecule is CCOSN(CC(C)C)CC(O)C(Cc1ccccc1)NC(=O)c1ccc(N)cc1C. The zero-order valence-electron chi connectivity index (χ0n) is 18.9. The fourth-order valence-corrected chi connectivity index (χ4v) is 4.17. The summed E-state index contributed by atoms with van der Waals surface area (Å²) in [4.78, 5) is 13.0. The average Bonchev–Trinajstić information content (AvgIpc) is 2.71. The van der Waals surface area contributed by atoms with E-state index in [0.29, 0.717) is 36.7 Å². The Morgan fingerprint density at radius 3 is 2.52 bits per heavy atom. The van der Waals surface area contributed by atoms with Gasteiger partial charge in [-0.05, 0) is 55.5 Å². The van der Waals surface area contributed by atoms with Crippen LogP contribution in [0.25, 0.3) is 0 Å². The number of hydrogen-bond acceptors (Lipinski definition) is 6. The Labute approximate surface area is 190 Å². The first-order valence-corrected chi connectivity index (χ1v) is 11.4. The molecule has 0 spiro atoms. The highest BCUT2D eigenvalue weighted by atomic mass is 32.2. The van der Waals surface area contributed by atoms with Crippen LogP contribution in [0.15, 0.2) is 48.5 Å². The average molecular weight is 446 g/mol. The summed E-state index contributed by atoms with van der Waals surface area (Å²) >= 11 is 1.27. The van der Waals surface area contributed by atoms with Gasteiger partial charge in [0.25, 0.3) is 5.91 Å². The molecule has 0 saturated carbocycles. The third-order valence-corrected chi connectivity index (χ3v) is 5.66. The van der Waals surface area contributed by atoms with Crippen LogP contribution in [0.2, 0.25) is 0 Å². The van der Waals surface area contributed by atoms with E-state index in [0.717, 1.165) is 17.7 Å². The van der Waals surface area contributed by atoms with E-state index < -0.39 is 12.1 Å². The lowest BCUT2D eigenvalue weighted by Gasteiger charge is -2.30. The van der Waals surface area contributed by atoms with Gasteiger partial charge in [0.1, 0.15) is 0 Å². The molecule has 0 fully saturated rings. The van der Waals surface area contributed by atoms with Gasteiger partial charge in [0.15, 0.2) is 0 Å². The molecule has 2 aromatic carbocycles. The van der Waals surface area contributed by atoms with Gasteiger partial charge in [0, 0.05) is 24.3 Å². The molecular formula is C24H35N3O3S. The lowest BCUT2D eigenvalue weighted by molar-refractivity contribution is 0.0777. The van der Waals surface area contributed by atoms with E-state index in [1.54, 1.807) is 18.2 Å². The molecule has 31 heavy (non-hydrogen) atoms. The maximum absolute atomic E-state index is 13.0. The van der Waals surface area contributed by atoms with Gasteiger partial charge in [-0.2, -0.15) is 0 Å². The Morgan fingerprint density at radius 1 is 1.19 bits per heavy atom. The minimum atomic E-state index is -0.773. The maximum Gasteiger partial charge on any atom is 0.251 e. The minimum Gasteiger partial charge on any atom is -0.399 e. The van der Waals surface area contributed by atoms with Crippen molar-refractivity contribution in [1.82, 2.24) is 9.62 Å². The highest BCUT2D eigenvalue weighted by molar-refractivity contribution is 7.92. The van der Waals surface area contributed by atoms with Gasteiger partial charge in [0.05, 0.1) is 31.0 Å². The molecule has 0 saturated heterocycles. The molecule has 2 rings (SSSR count). The minimum absolute atomic E-state index is 0.217. The van der Waals surface area contributed by atoms with Crippen LogP contribution in [0.4, 0.5) is 5.69 Å². The van der Waals surface area contributed by atoms with E-state index in [9.17, 15) is 9.90 Å². The van der Waals surface area contributed by atoms with E-state index in [2.05, 4.69) is 19.2 Å². The van der Waals surface area contributed by atoms with E-state index in [1.165, 1.54) is 12.2 Å². The van der Waals surface area contributed by atoms with Gasteiger partial charge in [-0.3, -0.25) is 4.79 Å². The Hall–Kier alpha value is -2.06. The zero-order chi connectivity index (χ0) is 22.8. The lowest BCUT2D eigenvalue weighted by Crippen LogP contribution is -2.49. The number of rotatable bonds is 12. The summed E-state index contributed by atoms with van der Waals surface area (Å²) < 4.78 is 7.52. The molecule has 0 radical (unpaired) electrons. The van der Waals surface area contributed by atoms with E-state index in [-0.39, 0.29) is 5.91 Å². The Morgan fingerprint density at radius 2 is 1.90 bits per heavy atom. The predicted molar refractivity (Wildman–Crippen MR) is 129 cm³/mol. The van der Waals surface area contributed by atoms with Crippen LogP contribution in [0.1, 0.15) is 42.3 Å². The molecule has 6 nitrogen and oxygen atoms in total. The number of carbonyl (C=O) groups excluding carboxylic acids is 1. The third-order valence-electron chi connectivity index (χ3n) is 4.81. The van der Waals surface area contributed by atoms with Crippen LogP contribution in [-0.4, -0.2) is 47.2 Å². The topological polar surface area (TPSA) is 87.8 Å². The molecule has 0 aliphatic heterocycles. The number of aliphatic hydroxyl groups excluding tert-OH is 1. The quantitative estimate of drug-likeness (QED) is 0.261. The van der Waals surface area contributed by atoms with Crippen molar-refractivity contribution in [3.05, 3.63) is 65.2 Å². The molecule has 0 heterocycles. The second-order valence-corrected chi connectivity index (χ2v) is 9.03. The van der Waals surface area contributed by atoms with Crippen molar-refractivity contribution in [3.63, 3.8) is 0 Å². The van der Waals surface area contributed by atoms with Crippen LogP contribution in [0.5, 0.6) is 0 Å². The fraction of sp³-hybridized carbons (Fsp3) is 0.458. The van der Waals surface area contributed by atoms with Crippen LogP contribution >= 0.6 is 12.2 Å². The highest BCUT2D eigenvalue weighted by Gasteiger charge is 2.26. The van der Waals surface area contributed by atoms with Crippen LogP contribution in [0.3, 0.4) is 0 Å². The summed E-state index contributed by atoms with van der Waals surface area (Å²) in [6.45, 7) is 9.77. The number of hydrogen-bond donors (Lipinski definition) is 3. The number of nitrogens with zero attached hydrogens (tertiary/aromatic N) is 1. The number of nitrogens with two attached hydrogens (primary N) is 1. The Balaban J connectivity index is 2.18. The molecule has 2 aromatic rings. The largest absolute Gasteiger partial charge is 0.399 e. The van der Waals surface area contributed by atoms with Gasteiger partial charge in [-0.15, -0.1) is 0 Å². The monoisotopic (exact) mass is 445 g/mol. The number of nitrogens with one attached hydrogen (secondary N) is 1. The van der Waals surface area contributed by atoms with Crippen LogP contribution in [-0.2, 0) is 10.6 Å². The van der Waals surface area contributed by atoms with E-state index in [1.807, 2.05) is 48.5 Å². The predicted octanol–water partition coefficient (Wildman–Crippen LogP) is 3.84. The number of amides is 1. The second-order valence-electron chi connectivity index (χ2n) is 8.13. The number of aliphatic hydroxyl groups is 1. The molecule has 0 aromatic heterocycles. The molecule has 0 bridgehead atoms. The van der Waals surface area contributed by atoms with Crippen molar-refractivity contribution in [3.8, 4) is 0 Å². The molecule has 170 valence electrons. The van der Waals surface area contributed by atoms with Crippen molar-refractivity contribution < 1.29 is 14.1 Å². The smallest absolute Gasteiger partial charge is 0.251 e. The summed E-state index contributed by atoms with van der Waals surface area (Å²) in [5.41, 5.74) is 8.85. The van der Waals surface area contributed by atoms with Gasteiger partial charge in [-0.1, -0.05) is 44.2 Å². The van der Waals surface area contributed by atoms with E-state index >= 15 is 0 Å². The lowest BCUT2D eigenvalue weighted by atomic mass is 9.99. The molecule has 1 amide bonds. The van der Waals surface area contributed by atoms with Gasteiger partial charge in [-0.25, -0.2) is 4.31 Å². The zero-order valence-corrected chi connectivity index (χ0v) is 19.7. The molecule has 0 aliphatic carbocycles. The molecular weight excluding hydrogens is 410 g/mol. The second kappa shape index (κ2) is 12.7. The summed E-state index contributed by atoms with van der Waals surface area (Å²) in [5, 5.41) is 14.2. The first kappa shape index (κ1) is 25.2. The van der Waals surface area contributed by atoms with Crippen molar-refractivity contribution in [2.45, 2.75) is 46.3 Å². The molecule has 7 heteroatoms. The van der Waals surface area contributed by atoms with Crippen molar-refractivity contribution in [2.75, 3.05) is 25.4 Å². The Kier molecular flexibility index (Phi) is 10.3. The summed E-state index contributed by atoms with van der Waals surface area (Å²) in [6.07, 6.45) is -0.249. The van der Waals surface area contributed by atoms with Crippen molar-refractivity contribution in [2.24, 2.45) is 5.92 Å². The maximum atomic E-state index is 13.0. The first-order chi connectivity index (χ1) is 14.8. The van der Waals surface area contributed by atoms with Crippen molar-refractivity contribution in [1.29, 1.82) is 0 Å². The van der Waals surface area contributed by atoms with Gasteiger partial charge in [0.2, 0.25) is 0 Å². The molecule has 2 unspecified atom stereocenters. The van der Waals surface area contributed by atoms with Gasteiger partial charge >= 0.3 is 0 Å². The van der Waals surface area contributed by atoms with E-state index in [4.69, 9.17) is 9.92 Å². The van der Waals surface area contributed by atoms with Crippen LogP contribution < -0.4 is 11.1 Å². The summed E-state index contributed by atoms with van der Waals surface area (Å²) in [7, 11) is 0. The number of benzene rings is 2. The number of aryl methyl sites for hydroxylation is 1. The molecule has 2 atom stereocenters. The standard InChI is InChI=1S/C24H35N3O3S/c1-5-30-31-27(15-17(2)3)16-23(28)22(14-19-9-7-6-8-10-19)26-24(29)21-12-11-20(25)13-18(21)4/h6-13,17,22-23,28H,5,14-16,25H2,1-4H3,(H,26,29). The fourth-order valence-electron chi connectivity index (χ4n) is 3.34. The van der Waals surface area contributed by atoms with Crippen molar-refractivity contribution >= 4 is 23.8 Å². The van der Waals surface area contributed by atoms with Crippen LogP contribution in [0, 0.1) is 12.8 Å². The molecule has 0 aliphatic rings. The summed E-state index contributed by atoms with van der Waals surface area (Å²) in [5.74, 6) is 0.199. The highest BCUT2D eigenvalue weighted by Crippen LogP contribution is 2.18. The number of carbonyl (C=O) groups is 1. The normalized spacial score (nSPS) is 13.4.